The van der Waals surface area contributed by atoms with E-state index in [0.717, 1.165) is 24.2 Å². The maximum absolute atomic E-state index is 12.6. The number of aryl methyl sites for hydroxylation is 1. The van der Waals surface area contributed by atoms with Gasteiger partial charge in [0, 0.05) is 30.9 Å². The number of nitrogens with zero attached hydrogens (tertiary/aromatic N) is 2. The predicted molar refractivity (Wildman–Crippen MR) is 88.5 cm³/mol. The lowest BCUT2D eigenvalue weighted by molar-refractivity contribution is -0.137. The molecule has 132 valence electrons. The van der Waals surface area contributed by atoms with E-state index in [9.17, 15) is 18.0 Å². The first kappa shape index (κ1) is 17.3. The fourth-order valence-electron chi connectivity index (χ4n) is 2.92. The standard InChI is InChI=1S/C18H18F3N3O/c1-12-4-2-3-5-15(12)17(25)23-14-8-9-24(11-14)16-7-6-13(10-22-16)18(19,20)21/h2-7,10,14H,8-9,11H2,1H3,(H,23,25). The summed E-state index contributed by atoms with van der Waals surface area (Å²) < 4.78 is 37.8. The number of rotatable bonds is 3. The molecule has 1 fully saturated rings. The lowest BCUT2D eigenvalue weighted by Gasteiger charge is -2.19. The minimum absolute atomic E-state index is 0.0591. The van der Waals surface area contributed by atoms with Crippen LogP contribution in [0, 0.1) is 6.92 Å². The number of nitrogens with one attached hydrogen (secondary N) is 1. The zero-order chi connectivity index (χ0) is 18.0. The Balaban J connectivity index is 1.62. The van der Waals surface area contributed by atoms with Crippen molar-refractivity contribution in [2.75, 3.05) is 18.0 Å². The molecule has 1 aromatic carbocycles. The lowest BCUT2D eigenvalue weighted by atomic mass is 10.1. The van der Waals surface area contributed by atoms with Gasteiger partial charge in [0.2, 0.25) is 0 Å². The van der Waals surface area contributed by atoms with E-state index in [1.807, 2.05) is 30.0 Å². The van der Waals surface area contributed by atoms with Gasteiger partial charge in [0.05, 0.1) is 5.56 Å². The van der Waals surface area contributed by atoms with Gasteiger partial charge < -0.3 is 10.2 Å². The monoisotopic (exact) mass is 349 g/mol. The van der Waals surface area contributed by atoms with Crippen molar-refractivity contribution in [2.24, 2.45) is 0 Å². The van der Waals surface area contributed by atoms with Crippen molar-refractivity contribution in [1.82, 2.24) is 10.3 Å². The molecule has 2 heterocycles. The molecule has 0 aliphatic carbocycles. The van der Waals surface area contributed by atoms with Gasteiger partial charge in [-0.2, -0.15) is 13.2 Å². The van der Waals surface area contributed by atoms with Crippen LogP contribution in [0.1, 0.15) is 27.9 Å². The zero-order valence-corrected chi connectivity index (χ0v) is 13.7. The second kappa shape index (κ2) is 6.74. The molecule has 25 heavy (non-hydrogen) atoms. The fraction of sp³-hybridized carbons (Fsp3) is 0.333. The van der Waals surface area contributed by atoms with Crippen molar-refractivity contribution in [3.63, 3.8) is 0 Å². The molecule has 0 saturated carbocycles. The van der Waals surface area contributed by atoms with Crippen LogP contribution in [0.3, 0.4) is 0 Å². The summed E-state index contributed by atoms with van der Waals surface area (Å²) >= 11 is 0. The second-order valence-electron chi connectivity index (χ2n) is 6.12. The van der Waals surface area contributed by atoms with E-state index >= 15 is 0 Å². The quantitative estimate of drug-likeness (QED) is 0.924. The molecule has 0 bridgehead atoms. The van der Waals surface area contributed by atoms with Crippen molar-refractivity contribution in [2.45, 2.75) is 25.6 Å². The van der Waals surface area contributed by atoms with Crippen molar-refractivity contribution >= 4 is 11.7 Å². The first-order valence-electron chi connectivity index (χ1n) is 7.99. The highest BCUT2D eigenvalue weighted by atomic mass is 19.4. The molecule has 1 aliphatic rings. The molecular formula is C18H18F3N3O. The fourth-order valence-corrected chi connectivity index (χ4v) is 2.92. The maximum atomic E-state index is 12.6. The van der Waals surface area contributed by atoms with Crippen LogP contribution >= 0.6 is 0 Å². The van der Waals surface area contributed by atoms with Gasteiger partial charge in [0.15, 0.2) is 0 Å². The average Bonchev–Trinajstić information content (AvgIpc) is 3.03. The lowest BCUT2D eigenvalue weighted by Crippen LogP contribution is -2.37. The zero-order valence-electron chi connectivity index (χ0n) is 13.7. The molecule has 1 aliphatic heterocycles. The Hall–Kier alpha value is -2.57. The topological polar surface area (TPSA) is 45.2 Å². The molecule has 0 spiro atoms. The van der Waals surface area contributed by atoms with Crippen molar-refractivity contribution in [1.29, 1.82) is 0 Å². The normalized spacial score (nSPS) is 17.6. The van der Waals surface area contributed by atoms with Crippen LogP contribution in [0.15, 0.2) is 42.6 Å². The number of carbonyl (C=O) groups excluding carboxylic acids is 1. The highest BCUT2D eigenvalue weighted by Gasteiger charge is 2.31. The van der Waals surface area contributed by atoms with Gasteiger partial charge in [-0.15, -0.1) is 0 Å². The molecular weight excluding hydrogens is 331 g/mol. The van der Waals surface area contributed by atoms with E-state index in [-0.39, 0.29) is 11.9 Å². The molecule has 1 atom stereocenters. The average molecular weight is 349 g/mol. The van der Waals surface area contributed by atoms with E-state index in [0.29, 0.717) is 24.5 Å². The van der Waals surface area contributed by atoms with Crippen LogP contribution in [0.4, 0.5) is 19.0 Å². The number of carbonyl (C=O) groups is 1. The number of pyridine rings is 1. The summed E-state index contributed by atoms with van der Waals surface area (Å²) in [4.78, 5) is 18.1. The van der Waals surface area contributed by atoms with Gasteiger partial charge in [0.1, 0.15) is 5.82 Å². The predicted octanol–water partition coefficient (Wildman–Crippen LogP) is 3.42. The summed E-state index contributed by atoms with van der Waals surface area (Å²) in [5.74, 6) is 0.353. The molecule has 2 aromatic rings. The molecule has 7 heteroatoms. The number of alkyl halides is 3. The Morgan fingerprint density at radius 3 is 2.64 bits per heavy atom. The summed E-state index contributed by atoms with van der Waals surface area (Å²) in [5, 5.41) is 2.98. The summed E-state index contributed by atoms with van der Waals surface area (Å²) in [6, 6.07) is 9.68. The Labute approximate surface area is 143 Å². The summed E-state index contributed by atoms with van der Waals surface area (Å²) in [6.45, 7) is 3.04. The number of anilines is 1. The molecule has 1 unspecified atom stereocenters. The number of hydrogen-bond donors (Lipinski definition) is 1. The molecule has 1 amide bonds. The van der Waals surface area contributed by atoms with E-state index in [4.69, 9.17) is 0 Å². The number of hydrogen-bond acceptors (Lipinski definition) is 3. The molecule has 4 nitrogen and oxygen atoms in total. The Bertz CT molecular complexity index is 759. The highest BCUT2D eigenvalue weighted by Crippen LogP contribution is 2.29. The van der Waals surface area contributed by atoms with Crippen LogP contribution in [0.5, 0.6) is 0 Å². The second-order valence-corrected chi connectivity index (χ2v) is 6.12. The van der Waals surface area contributed by atoms with Gasteiger partial charge in [0.25, 0.3) is 5.91 Å². The Morgan fingerprint density at radius 1 is 1.24 bits per heavy atom. The third kappa shape index (κ3) is 3.92. The minimum Gasteiger partial charge on any atom is -0.354 e. The Morgan fingerprint density at radius 2 is 2.00 bits per heavy atom. The van der Waals surface area contributed by atoms with E-state index in [1.165, 1.54) is 6.07 Å². The van der Waals surface area contributed by atoms with Crippen molar-refractivity contribution < 1.29 is 18.0 Å². The third-order valence-corrected chi connectivity index (χ3v) is 4.31. The molecule has 0 radical (unpaired) electrons. The molecule has 3 rings (SSSR count). The molecule has 1 aromatic heterocycles. The number of aromatic nitrogens is 1. The number of benzene rings is 1. The molecule has 1 N–H and O–H groups in total. The first-order valence-corrected chi connectivity index (χ1v) is 7.99. The van der Waals surface area contributed by atoms with Crippen LogP contribution in [-0.4, -0.2) is 30.0 Å². The SMILES string of the molecule is Cc1ccccc1C(=O)NC1CCN(c2ccc(C(F)(F)F)cn2)C1. The minimum atomic E-state index is -4.39. The smallest absolute Gasteiger partial charge is 0.354 e. The van der Waals surface area contributed by atoms with Crippen molar-refractivity contribution in [3.05, 3.63) is 59.3 Å². The van der Waals surface area contributed by atoms with Crippen LogP contribution in [0.2, 0.25) is 0 Å². The Kier molecular flexibility index (Phi) is 4.65. The highest BCUT2D eigenvalue weighted by molar-refractivity contribution is 5.95. The third-order valence-electron chi connectivity index (χ3n) is 4.31. The molecule has 1 saturated heterocycles. The van der Waals surface area contributed by atoms with Gasteiger partial charge in [-0.1, -0.05) is 18.2 Å². The summed E-state index contributed by atoms with van der Waals surface area (Å²) in [6.07, 6.45) is -2.82. The van der Waals surface area contributed by atoms with Gasteiger partial charge in [-0.25, -0.2) is 4.98 Å². The van der Waals surface area contributed by atoms with E-state index in [2.05, 4.69) is 10.3 Å². The maximum Gasteiger partial charge on any atom is 0.417 e. The van der Waals surface area contributed by atoms with Crippen LogP contribution in [-0.2, 0) is 6.18 Å². The number of amides is 1. The summed E-state index contributed by atoms with van der Waals surface area (Å²) in [5.41, 5.74) is 0.771. The summed E-state index contributed by atoms with van der Waals surface area (Å²) in [7, 11) is 0. The van der Waals surface area contributed by atoms with Gasteiger partial charge in [-0.3, -0.25) is 4.79 Å². The van der Waals surface area contributed by atoms with Gasteiger partial charge in [-0.05, 0) is 37.1 Å². The van der Waals surface area contributed by atoms with Gasteiger partial charge >= 0.3 is 6.18 Å². The van der Waals surface area contributed by atoms with Crippen molar-refractivity contribution in [3.8, 4) is 0 Å². The first-order chi connectivity index (χ1) is 11.8. The van der Waals surface area contributed by atoms with Crippen LogP contribution in [0.25, 0.3) is 0 Å². The largest absolute Gasteiger partial charge is 0.417 e. The number of halogens is 3. The van der Waals surface area contributed by atoms with Crippen LogP contribution < -0.4 is 10.2 Å². The van der Waals surface area contributed by atoms with E-state index in [1.54, 1.807) is 6.07 Å². The van der Waals surface area contributed by atoms with E-state index < -0.39 is 11.7 Å².